The Kier molecular flexibility index (Phi) is 5.21. The van der Waals surface area contributed by atoms with Crippen LogP contribution in [0.3, 0.4) is 0 Å². The van der Waals surface area contributed by atoms with Gasteiger partial charge in [0.1, 0.15) is 22.4 Å². The van der Waals surface area contributed by atoms with Gasteiger partial charge in [-0.3, -0.25) is 4.98 Å². The van der Waals surface area contributed by atoms with Gasteiger partial charge >= 0.3 is 0 Å². The average molecular weight is 451 g/mol. The lowest BCUT2D eigenvalue weighted by atomic mass is 9.82. The fourth-order valence-corrected chi connectivity index (χ4v) is 5.74. The standard InChI is InChI=1S/C19H22FN5O5S/c1-11-6-15-19(10-29-11,24-18(21)25(2)31(15,26)27)13-7-12(4-5-14(13)20)30-17-9-22-8-16(23-17)28-3/h4-5,7-9,11,15H,6,10H2,1-3H3,(H2,21,24)/t11-,15+,19+/m0/s1. The van der Waals surface area contributed by atoms with Crippen molar-refractivity contribution in [3.63, 3.8) is 0 Å². The number of aliphatic imine (C=N–C) groups is 1. The summed E-state index contributed by atoms with van der Waals surface area (Å²) in [6, 6.07) is 3.97. The maximum absolute atomic E-state index is 15.1. The van der Waals surface area contributed by atoms with Crippen molar-refractivity contribution < 1.29 is 27.0 Å². The normalized spacial score (nSPS) is 27.2. The van der Waals surface area contributed by atoms with E-state index in [-0.39, 0.29) is 48.2 Å². The van der Waals surface area contributed by atoms with E-state index in [1.54, 1.807) is 6.92 Å². The van der Waals surface area contributed by atoms with Crippen molar-refractivity contribution in [1.82, 2.24) is 14.3 Å². The molecule has 166 valence electrons. The molecule has 2 aliphatic rings. The number of halogens is 1. The topological polar surface area (TPSA) is 129 Å². The number of aromatic nitrogens is 2. The lowest BCUT2D eigenvalue weighted by Crippen LogP contribution is -2.62. The lowest BCUT2D eigenvalue weighted by Gasteiger charge is -2.47. The van der Waals surface area contributed by atoms with Crippen LogP contribution in [0.2, 0.25) is 0 Å². The van der Waals surface area contributed by atoms with Crippen molar-refractivity contribution in [2.75, 3.05) is 20.8 Å². The molecule has 0 saturated carbocycles. The van der Waals surface area contributed by atoms with Crippen molar-refractivity contribution in [1.29, 1.82) is 0 Å². The van der Waals surface area contributed by atoms with Gasteiger partial charge in [0.15, 0.2) is 0 Å². The highest BCUT2D eigenvalue weighted by Crippen LogP contribution is 2.45. The second-order valence-electron chi connectivity index (χ2n) is 7.40. The minimum atomic E-state index is -3.90. The van der Waals surface area contributed by atoms with Gasteiger partial charge in [-0.15, -0.1) is 0 Å². The van der Waals surface area contributed by atoms with Crippen molar-refractivity contribution >= 4 is 16.0 Å². The molecule has 1 saturated heterocycles. The maximum atomic E-state index is 15.1. The first-order valence-corrected chi connectivity index (χ1v) is 11.0. The molecule has 12 heteroatoms. The van der Waals surface area contributed by atoms with Crippen molar-refractivity contribution in [2.24, 2.45) is 10.7 Å². The molecule has 3 heterocycles. The van der Waals surface area contributed by atoms with Crippen molar-refractivity contribution in [3.8, 4) is 17.5 Å². The molecular weight excluding hydrogens is 429 g/mol. The highest BCUT2D eigenvalue weighted by molar-refractivity contribution is 7.90. The van der Waals surface area contributed by atoms with E-state index in [4.69, 9.17) is 19.9 Å². The number of sulfonamides is 1. The van der Waals surface area contributed by atoms with Crippen LogP contribution < -0.4 is 15.2 Å². The molecule has 0 amide bonds. The van der Waals surface area contributed by atoms with Gasteiger partial charge in [-0.05, 0) is 31.5 Å². The number of guanidine groups is 1. The van der Waals surface area contributed by atoms with Crippen molar-refractivity contribution in [3.05, 3.63) is 42.0 Å². The van der Waals surface area contributed by atoms with Crippen LogP contribution in [0, 0.1) is 5.82 Å². The number of ether oxygens (including phenoxy) is 3. The van der Waals surface area contributed by atoms with Crippen LogP contribution in [-0.2, 0) is 20.3 Å². The molecule has 2 N–H and O–H groups in total. The molecule has 10 nitrogen and oxygen atoms in total. The molecule has 0 aliphatic carbocycles. The molecule has 3 atom stereocenters. The Labute approximate surface area is 178 Å². The first-order valence-electron chi connectivity index (χ1n) is 9.46. The molecule has 0 unspecified atom stereocenters. The van der Waals surface area contributed by atoms with E-state index >= 15 is 4.39 Å². The third-order valence-electron chi connectivity index (χ3n) is 5.47. The van der Waals surface area contributed by atoms with Crippen LogP contribution in [0.25, 0.3) is 0 Å². The predicted octanol–water partition coefficient (Wildman–Crippen LogP) is 1.38. The van der Waals surface area contributed by atoms with Crippen molar-refractivity contribution in [2.45, 2.75) is 30.2 Å². The van der Waals surface area contributed by atoms with Gasteiger partial charge in [0.25, 0.3) is 0 Å². The Morgan fingerprint density at radius 2 is 2.06 bits per heavy atom. The quantitative estimate of drug-likeness (QED) is 0.738. The van der Waals surface area contributed by atoms with E-state index in [1.165, 1.54) is 44.8 Å². The molecule has 1 aromatic heterocycles. The highest BCUT2D eigenvalue weighted by atomic mass is 32.2. The molecule has 1 fully saturated rings. The molecule has 0 bridgehead atoms. The van der Waals surface area contributed by atoms with Crippen LogP contribution in [0.5, 0.6) is 17.5 Å². The first kappa shape index (κ1) is 21.2. The second-order valence-corrected chi connectivity index (χ2v) is 9.54. The Balaban J connectivity index is 1.82. The fraction of sp³-hybridized carbons (Fsp3) is 0.421. The second kappa shape index (κ2) is 7.61. The van der Waals surface area contributed by atoms with Gasteiger partial charge in [0, 0.05) is 12.6 Å². The van der Waals surface area contributed by atoms with Crippen LogP contribution in [0.4, 0.5) is 4.39 Å². The molecule has 2 aliphatic heterocycles. The number of hydrogen-bond acceptors (Lipinski definition) is 9. The smallest absolute Gasteiger partial charge is 0.243 e. The van der Waals surface area contributed by atoms with Gasteiger partial charge < -0.3 is 19.9 Å². The summed E-state index contributed by atoms with van der Waals surface area (Å²) >= 11 is 0. The zero-order valence-electron chi connectivity index (χ0n) is 17.1. The zero-order valence-corrected chi connectivity index (χ0v) is 18.0. The van der Waals surface area contributed by atoms with E-state index < -0.39 is 26.6 Å². The highest BCUT2D eigenvalue weighted by Gasteiger charge is 2.57. The number of benzene rings is 1. The summed E-state index contributed by atoms with van der Waals surface area (Å²) in [5.74, 6) is -0.302. The van der Waals surface area contributed by atoms with Gasteiger partial charge in [0.05, 0.1) is 32.2 Å². The minimum Gasteiger partial charge on any atom is -0.480 e. The first-order chi connectivity index (χ1) is 14.7. The molecular formula is C19H22FN5O5S. The molecule has 0 radical (unpaired) electrons. The Morgan fingerprint density at radius 3 is 2.81 bits per heavy atom. The van der Waals surface area contributed by atoms with Gasteiger partial charge in [0.2, 0.25) is 27.7 Å². The number of nitrogens with zero attached hydrogens (tertiary/aromatic N) is 4. The maximum Gasteiger partial charge on any atom is 0.243 e. The summed E-state index contributed by atoms with van der Waals surface area (Å²) in [5, 5.41) is -1.05. The van der Waals surface area contributed by atoms with Crippen LogP contribution in [-0.4, -0.2) is 60.8 Å². The monoisotopic (exact) mass is 451 g/mol. The molecule has 31 heavy (non-hydrogen) atoms. The number of hydrogen-bond donors (Lipinski definition) is 1. The lowest BCUT2D eigenvalue weighted by molar-refractivity contribution is -0.0189. The SMILES string of the molecule is COc1cncc(Oc2ccc(F)c([C@]34CO[C@@H](C)C[C@H]3S(=O)(=O)N(C)C(N)=N4)c2)n1. The predicted molar refractivity (Wildman–Crippen MR) is 109 cm³/mol. The Hall–Kier alpha value is -2.99. The average Bonchev–Trinajstić information content (AvgIpc) is 2.75. The summed E-state index contributed by atoms with van der Waals surface area (Å²) in [6.07, 6.45) is 2.57. The summed E-state index contributed by atoms with van der Waals surface area (Å²) in [7, 11) is -1.13. The number of rotatable bonds is 4. The summed E-state index contributed by atoms with van der Waals surface area (Å²) in [6.45, 7) is 1.62. The molecule has 4 rings (SSSR count). The van der Waals surface area contributed by atoms with E-state index in [0.29, 0.717) is 0 Å². The summed E-state index contributed by atoms with van der Waals surface area (Å²) in [5.41, 5.74) is 4.38. The number of nitrogens with two attached hydrogens (primary N) is 1. The fourth-order valence-electron chi connectivity index (χ4n) is 3.81. The van der Waals surface area contributed by atoms with Gasteiger partial charge in [-0.25, -0.2) is 22.1 Å². The summed E-state index contributed by atoms with van der Waals surface area (Å²) < 4.78 is 58.8. The third kappa shape index (κ3) is 3.55. The molecule has 0 spiro atoms. The Bertz CT molecular complexity index is 1140. The van der Waals surface area contributed by atoms with E-state index in [0.717, 1.165) is 4.31 Å². The number of fused-ring (bicyclic) bond motifs is 1. The molecule has 2 aromatic rings. The van der Waals surface area contributed by atoms with Crippen LogP contribution in [0.1, 0.15) is 18.9 Å². The van der Waals surface area contributed by atoms with Gasteiger partial charge in [-0.2, -0.15) is 4.98 Å². The Morgan fingerprint density at radius 1 is 1.32 bits per heavy atom. The molecule has 1 aromatic carbocycles. The third-order valence-corrected chi connectivity index (χ3v) is 7.72. The van der Waals surface area contributed by atoms with Crippen LogP contribution >= 0.6 is 0 Å². The van der Waals surface area contributed by atoms with E-state index in [1.807, 2.05) is 0 Å². The van der Waals surface area contributed by atoms with Crippen LogP contribution in [0.15, 0.2) is 35.6 Å². The summed E-state index contributed by atoms with van der Waals surface area (Å²) in [4.78, 5) is 12.5. The zero-order chi connectivity index (χ0) is 22.4. The van der Waals surface area contributed by atoms with E-state index in [2.05, 4.69) is 15.0 Å². The van der Waals surface area contributed by atoms with E-state index in [9.17, 15) is 8.42 Å². The van der Waals surface area contributed by atoms with Gasteiger partial charge in [-0.1, -0.05) is 0 Å². The number of methoxy groups -OCH3 is 1. The largest absolute Gasteiger partial charge is 0.480 e. The minimum absolute atomic E-state index is 0.0115.